The topological polar surface area (TPSA) is 39.9 Å². The molecule has 0 bridgehead atoms. The third-order valence-electron chi connectivity index (χ3n) is 6.59. The van der Waals surface area contributed by atoms with Crippen molar-refractivity contribution in [3.05, 3.63) is 131 Å². The number of aromatic nitrogens is 3. The summed E-state index contributed by atoms with van der Waals surface area (Å²) in [4.78, 5) is 4.68. The van der Waals surface area contributed by atoms with Gasteiger partial charge >= 0.3 is 6.18 Å². The average Bonchev–Trinajstić information content (AvgIpc) is 3.37. The Morgan fingerprint density at radius 2 is 1.46 bits per heavy atom. The van der Waals surface area contributed by atoms with E-state index in [1.807, 2.05) is 6.07 Å². The van der Waals surface area contributed by atoms with E-state index in [0.29, 0.717) is 22.6 Å². The molecule has 0 saturated heterocycles. The molecule has 0 N–H and O–H groups in total. The summed E-state index contributed by atoms with van der Waals surface area (Å²) in [6, 6.07) is 29.4. The fourth-order valence-corrected chi connectivity index (χ4v) is 4.80. The number of pyridine rings is 1. The molecule has 2 heterocycles. The van der Waals surface area contributed by atoms with Crippen LogP contribution < -0.4 is 4.74 Å². The second-order valence-electron chi connectivity index (χ2n) is 9.23. The molecule has 0 aliphatic heterocycles. The van der Waals surface area contributed by atoms with Gasteiger partial charge in [0.25, 0.3) is 0 Å². The van der Waals surface area contributed by atoms with Gasteiger partial charge in [0.1, 0.15) is 23.9 Å². The van der Waals surface area contributed by atoms with Gasteiger partial charge in [0.2, 0.25) is 0 Å². The van der Waals surface area contributed by atoms with Crippen molar-refractivity contribution >= 4 is 22.6 Å². The highest BCUT2D eigenvalue weighted by atomic mass is 35.5. The molecule has 6 rings (SSSR count). The van der Waals surface area contributed by atoms with Crippen molar-refractivity contribution < 1.29 is 22.3 Å². The quantitative estimate of drug-likeness (QED) is 0.187. The smallest absolute Gasteiger partial charge is 0.417 e. The Hall–Kier alpha value is -4.69. The van der Waals surface area contributed by atoms with E-state index in [1.54, 1.807) is 84.9 Å². The maximum absolute atomic E-state index is 14.6. The number of hydrogen-bond donors (Lipinski definition) is 0. The summed E-state index contributed by atoms with van der Waals surface area (Å²) < 4.78 is 65.0. The van der Waals surface area contributed by atoms with Crippen molar-refractivity contribution in [3.63, 3.8) is 0 Å². The van der Waals surface area contributed by atoms with Crippen molar-refractivity contribution in [2.24, 2.45) is 0 Å². The molecule has 4 nitrogen and oxygen atoms in total. The van der Waals surface area contributed by atoms with Crippen molar-refractivity contribution in [2.45, 2.75) is 12.8 Å². The minimum atomic E-state index is -4.67. The second-order valence-corrected chi connectivity index (χ2v) is 9.63. The largest absolute Gasteiger partial charge is 0.489 e. The summed E-state index contributed by atoms with van der Waals surface area (Å²) in [5.74, 6) is -0.0953. The van der Waals surface area contributed by atoms with Crippen LogP contribution in [0.3, 0.4) is 0 Å². The molecule has 2 aromatic heterocycles. The number of halogens is 5. The van der Waals surface area contributed by atoms with Crippen LogP contribution in [0.5, 0.6) is 5.75 Å². The number of hydrogen-bond acceptors (Lipinski definition) is 3. The molecule has 0 aliphatic rings. The molecule has 0 amide bonds. The molecule has 9 heteroatoms. The van der Waals surface area contributed by atoms with Gasteiger partial charge in [0.15, 0.2) is 5.65 Å². The first-order valence-electron chi connectivity index (χ1n) is 12.6. The van der Waals surface area contributed by atoms with Gasteiger partial charge in [0.05, 0.1) is 27.4 Å². The van der Waals surface area contributed by atoms with Crippen LogP contribution in [0.1, 0.15) is 11.1 Å². The van der Waals surface area contributed by atoms with Crippen LogP contribution in [0.4, 0.5) is 17.6 Å². The van der Waals surface area contributed by atoms with E-state index in [0.717, 1.165) is 6.07 Å². The molecule has 41 heavy (non-hydrogen) atoms. The first-order valence-corrected chi connectivity index (χ1v) is 13.0. The summed E-state index contributed by atoms with van der Waals surface area (Å²) >= 11 is 6.07. The summed E-state index contributed by atoms with van der Waals surface area (Å²) in [6.45, 7) is -0.105. The Morgan fingerprint density at radius 3 is 2.12 bits per heavy atom. The molecule has 0 spiro atoms. The minimum absolute atomic E-state index is 0.0781. The molecule has 0 fully saturated rings. The third kappa shape index (κ3) is 5.26. The number of ether oxygens (including phenoxy) is 1. The van der Waals surface area contributed by atoms with E-state index in [9.17, 15) is 17.6 Å². The fourth-order valence-electron chi connectivity index (χ4n) is 4.58. The molecule has 4 aromatic carbocycles. The summed E-state index contributed by atoms with van der Waals surface area (Å²) in [7, 11) is 0. The van der Waals surface area contributed by atoms with Crippen molar-refractivity contribution in [3.8, 4) is 34.0 Å². The van der Waals surface area contributed by atoms with Crippen molar-refractivity contribution in [2.75, 3.05) is 0 Å². The molecule has 0 saturated carbocycles. The first kappa shape index (κ1) is 26.5. The third-order valence-corrected chi connectivity index (χ3v) is 6.94. The molecule has 204 valence electrons. The molecule has 0 atom stereocenters. The van der Waals surface area contributed by atoms with Crippen LogP contribution in [0, 0.1) is 5.82 Å². The zero-order valence-corrected chi connectivity index (χ0v) is 22.0. The predicted octanol–water partition coefficient (Wildman–Crippen LogP) is 9.14. The number of benzene rings is 4. The average molecular weight is 574 g/mol. The van der Waals surface area contributed by atoms with Gasteiger partial charge < -0.3 is 4.74 Å². The number of fused-ring (bicyclic) bond motifs is 1. The highest BCUT2D eigenvalue weighted by Gasteiger charge is 2.36. The van der Waals surface area contributed by atoms with Gasteiger partial charge in [-0.1, -0.05) is 66.2 Å². The maximum Gasteiger partial charge on any atom is 0.417 e. The lowest BCUT2D eigenvalue weighted by Crippen LogP contribution is -2.08. The number of para-hydroxylation sites is 1. The van der Waals surface area contributed by atoms with Crippen molar-refractivity contribution in [1.29, 1.82) is 0 Å². The summed E-state index contributed by atoms with van der Waals surface area (Å²) in [5, 5.41) is 4.77. The SMILES string of the molecule is Fc1cccc(Cl)c1COc1ccc(-c2cc(C(F)(F)F)c3c(-c4ccccc4)nn(-c4ccccc4)c3n2)cc1. The maximum atomic E-state index is 14.6. The number of nitrogens with zero attached hydrogens (tertiary/aromatic N) is 3. The molecule has 0 unspecified atom stereocenters. The lowest BCUT2D eigenvalue weighted by Gasteiger charge is -2.13. The minimum Gasteiger partial charge on any atom is -0.489 e. The highest BCUT2D eigenvalue weighted by Crippen LogP contribution is 2.41. The van der Waals surface area contributed by atoms with Gasteiger partial charge in [-0.15, -0.1) is 0 Å². The first-order chi connectivity index (χ1) is 19.8. The lowest BCUT2D eigenvalue weighted by molar-refractivity contribution is -0.136. The van der Waals surface area contributed by atoms with E-state index in [4.69, 9.17) is 16.3 Å². The summed E-state index contributed by atoms with van der Waals surface area (Å²) in [5.41, 5.74) is 1.31. The molecular weight excluding hydrogens is 554 g/mol. The zero-order chi connectivity index (χ0) is 28.6. The van der Waals surface area contributed by atoms with Gasteiger partial charge in [0, 0.05) is 16.7 Å². The van der Waals surface area contributed by atoms with Crippen LogP contribution in [0.15, 0.2) is 109 Å². The van der Waals surface area contributed by atoms with Crippen LogP contribution in [0.25, 0.3) is 39.2 Å². The zero-order valence-electron chi connectivity index (χ0n) is 21.2. The van der Waals surface area contributed by atoms with E-state index in [-0.39, 0.29) is 39.6 Å². The fraction of sp³-hybridized carbons (Fsp3) is 0.0625. The Morgan fingerprint density at radius 1 is 0.780 bits per heavy atom. The van der Waals surface area contributed by atoms with Gasteiger partial charge in [-0.3, -0.25) is 0 Å². The number of alkyl halides is 3. The van der Waals surface area contributed by atoms with Crippen LogP contribution in [0.2, 0.25) is 5.02 Å². The highest BCUT2D eigenvalue weighted by molar-refractivity contribution is 6.31. The molecule has 0 radical (unpaired) electrons. The second kappa shape index (κ2) is 10.7. The molecule has 6 aromatic rings. The van der Waals surface area contributed by atoms with Crippen LogP contribution in [-0.4, -0.2) is 14.8 Å². The van der Waals surface area contributed by atoms with Crippen molar-refractivity contribution in [1.82, 2.24) is 14.8 Å². The predicted molar refractivity (Wildman–Crippen MR) is 150 cm³/mol. The van der Waals surface area contributed by atoms with E-state index in [1.165, 1.54) is 16.8 Å². The van der Waals surface area contributed by atoms with Crippen LogP contribution in [-0.2, 0) is 12.8 Å². The Kier molecular flexibility index (Phi) is 6.93. The van der Waals surface area contributed by atoms with E-state index in [2.05, 4.69) is 10.1 Å². The normalized spacial score (nSPS) is 11.6. The monoisotopic (exact) mass is 573 g/mol. The number of rotatable bonds is 6. The van der Waals surface area contributed by atoms with Gasteiger partial charge in [-0.25, -0.2) is 14.1 Å². The van der Waals surface area contributed by atoms with Gasteiger partial charge in [-0.05, 0) is 54.6 Å². The molecular formula is C32H20ClF4N3O. The van der Waals surface area contributed by atoms with Gasteiger partial charge in [-0.2, -0.15) is 18.3 Å². The Balaban J connectivity index is 1.46. The Labute approximate surface area is 237 Å². The van der Waals surface area contributed by atoms with E-state index >= 15 is 0 Å². The van der Waals surface area contributed by atoms with Crippen LogP contribution >= 0.6 is 11.6 Å². The van der Waals surface area contributed by atoms with E-state index < -0.39 is 17.6 Å². The lowest BCUT2D eigenvalue weighted by atomic mass is 10.0. The molecule has 0 aliphatic carbocycles. The summed E-state index contributed by atoms with van der Waals surface area (Å²) in [6.07, 6.45) is -4.67. The Bertz CT molecular complexity index is 1820. The standard InChI is InChI=1S/C32H20ClF4N3O/c33-26-12-7-13-27(34)24(26)19-41-23-16-14-20(15-17-23)28-18-25(32(35,36)37)29-30(21-8-3-1-4-9-21)39-40(31(29)38-28)22-10-5-2-6-11-22/h1-18H,19H2.